The van der Waals surface area contributed by atoms with Crippen LogP contribution in [0.15, 0.2) is 18.2 Å². The van der Waals surface area contributed by atoms with Crippen molar-refractivity contribution < 1.29 is 19.1 Å². The molecule has 0 saturated carbocycles. The molecule has 5 nitrogen and oxygen atoms in total. The number of hydrogen-bond acceptors (Lipinski definition) is 4. The van der Waals surface area contributed by atoms with E-state index in [1.54, 1.807) is 6.07 Å². The van der Waals surface area contributed by atoms with E-state index in [0.717, 1.165) is 17.5 Å². The van der Waals surface area contributed by atoms with Crippen LogP contribution >= 0.6 is 0 Å². The molecule has 21 heavy (non-hydrogen) atoms. The molecule has 0 fully saturated rings. The minimum atomic E-state index is -0.562. The molecule has 0 spiro atoms. The van der Waals surface area contributed by atoms with Crippen LogP contribution in [-0.2, 0) is 14.3 Å². The van der Waals surface area contributed by atoms with E-state index in [1.165, 1.54) is 0 Å². The van der Waals surface area contributed by atoms with Crippen LogP contribution in [0, 0.1) is 13.8 Å². The minimum Gasteiger partial charge on any atom is -0.482 e. The summed E-state index contributed by atoms with van der Waals surface area (Å²) in [6.45, 7) is 7.35. The van der Waals surface area contributed by atoms with Gasteiger partial charge in [-0.05, 0) is 50.5 Å². The number of esters is 1. The van der Waals surface area contributed by atoms with Crippen molar-refractivity contribution in [2.45, 2.75) is 40.2 Å². The summed E-state index contributed by atoms with van der Waals surface area (Å²) < 4.78 is 10.2. The van der Waals surface area contributed by atoms with Gasteiger partial charge < -0.3 is 14.8 Å². The van der Waals surface area contributed by atoms with Crippen LogP contribution < -0.4 is 10.1 Å². The van der Waals surface area contributed by atoms with Crippen LogP contribution in [0.2, 0.25) is 0 Å². The van der Waals surface area contributed by atoms with Gasteiger partial charge in [0.25, 0.3) is 5.91 Å². The van der Waals surface area contributed by atoms with Crippen molar-refractivity contribution in [2.24, 2.45) is 0 Å². The number of aryl methyl sites for hydroxylation is 2. The molecule has 0 aliphatic heterocycles. The standard InChI is InChI=1S/C16H23NO4/c1-5-13(4)17-15(18)9-21-16(19)10-20-14-7-6-11(2)12(3)8-14/h6-8,13H,5,9-10H2,1-4H3,(H,17,18)/t13-/m1/s1. The monoisotopic (exact) mass is 293 g/mol. The molecule has 116 valence electrons. The fourth-order valence-corrected chi connectivity index (χ4v) is 1.55. The van der Waals surface area contributed by atoms with Crippen molar-refractivity contribution >= 4 is 11.9 Å². The molecule has 1 N–H and O–H groups in total. The molecule has 1 rings (SSSR count). The number of amides is 1. The molecule has 1 amide bonds. The second-order valence-electron chi connectivity index (χ2n) is 5.07. The zero-order valence-electron chi connectivity index (χ0n) is 13.1. The van der Waals surface area contributed by atoms with E-state index in [-0.39, 0.29) is 25.2 Å². The number of hydrogen-bond donors (Lipinski definition) is 1. The first kappa shape index (κ1) is 17.0. The number of rotatable bonds is 7. The highest BCUT2D eigenvalue weighted by molar-refractivity contribution is 5.81. The summed E-state index contributed by atoms with van der Waals surface area (Å²) in [5.74, 6) is -0.254. The average molecular weight is 293 g/mol. The lowest BCUT2D eigenvalue weighted by atomic mass is 10.1. The first-order valence-corrected chi connectivity index (χ1v) is 7.07. The number of ether oxygens (including phenoxy) is 2. The number of benzene rings is 1. The predicted octanol–water partition coefficient (Wildman–Crippen LogP) is 2.14. The lowest BCUT2D eigenvalue weighted by molar-refractivity contribution is -0.150. The lowest BCUT2D eigenvalue weighted by Gasteiger charge is -2.12. The lowest BCUT2D eigenvalue weighted by Crippen LogP contribution is -2.35. The summed E-state index contributed by atoms with van der Waals surface area (Å²) in [6, 6.07) is 5.65. The molecular formula is C16H23NO4. The number of carbonyl (C=O) groups is 2. The summed E-state index contributed by atoms with van der Waals surface area (Å²) in [7, 11) is 0. The fraction of sp³-hybridized carbons (Fsp3) is 0.500. The predicted molar refractivity (Wildman–Crippen MR) is 80.3 cm³/mol. The van der Waals surface area contributed by atoms with Gasteiger partial charge in [0, 0.05) is 6.04 Å². The van der Waals surface area contributed by atoms with E-state index in [4.69, 9.17) is 9.47 Å². The van der Waals surface area contributed by atoms with Gasteiger partial charge in [-0.2, -0.15) is 0 Å². The third kappa shape index (κ3) is 6.29. The Morgan fingerprint density at radius 3 is 2.52 bits per heavy atom. The highest BCUT2D eigenvalue weighted by Gasteiger charge is 2.10. The summed E-state index contributed by atoms with van der Waals surface area (Å²) in [5.41, 5.74) is 2.25. The molecule has 1 aromatic rings. The summed E-state index contributed by atoms with van der Waals surface area (Å²) in [4.78, 5) is 22.9. The van der Waals surface area contributed by atoms with Gasteiger partial charge in [0.05, 0.1) is 0 Å². The summed E-state index contributed by atoms with van der Waals surface area (Å²) >= 11 is 0. The quantitative estimate of drug-likeness (QED) is 0.782. The van der Waals surface area contributed by atoms with E-state index in [9.17, 15) is 9.59 Å². The molecule has 0 unspecified atom stereocenters. The third-order valence-electron chi connectivity index (χ3n) is 3.22. The molecule has 1 aromatic carbocycles. The summed E-state index contributed by atoms with van der Waals surface area (Å²) in [5, 5.41) is 2.72. The van der Waals surface area contributed by atoms with Gasteiger partial charge in [-0.25, -0.2) is 4.79 Å². The molecule has 0 bridgehead atoms. The molecule has 0 aliphatic rings. The van der Waals surface area contributed by atoms with Crippen molar-refractivity contribution in [1.82, 2.24) is 5.32 Å². The van der Waals surface area contributed by atoms with Crippen LogP contribution in [0.4, 0.5) is 0 Å². The Labute approximate surface area is 125 Å². The van der Waals surface area contributed by atoms with Crippen LogP contribution in [-0.4, -0.2) is 31.1 Å². The van der Waals surface area contributed by atoms with Crippen molar-refractivity contribution in [2.75, 3.05) is 13.2 Å². The Morgan fingerprint density at radius 2 is 1.90 bits per heavy atom. The number of nitrogens with one attached hydrogen (secondary N) is 1. The molecule has 0 saturated heterocycles. The first-order chi connectivity index (χ1) is 9.92. The van der Waals surface area contributed by atoms with E-state index in [2.05, 4.69) is 5.32 Å². The van der Waals surface area contributed by atoms with Crippen LogP contribution in [0.3, 0.4) is 0 Å². The normalized spacial score (nSPS) is 11.6. The van der Waals surface area contributed by atoms with Gasteiger partial charge in [-0.1, -0.05) is 13.0 Å². The first-order valence-electron chi connectivity index (χ1n) is 7.07. The van der Waals surface area contributed by atoms with Crippen molar-refractivity contribution in [3.8, 4) is 5.75 Å². The van der Waals surface area contributed by atoms with Gasteiger partial charge in [0.15, 0.2) is 13.2 Å². The Balaban J connectivity index is 2.31. The van der Waals surface area contributed by atoms with Crippen LogP contribution in [0.1, 0.15) is 31.4 Å². The van der Waals surface area contributed by atoms with E-state index < -0.39 is 5.97 Å². The van der Waals surface area contributed by atoms with Gasteiger partial charge in [-0.15, -0.1) is 0 Å². The van der Waals surface area contributed by atoms with Gasteiger partial charge in [0.2, 0.25) is 0 Å². The second kappa shape index (κ2) is 8.29. The molecule has 0 radical (unpaired) electrons. The smallest absolute Gasteiger partial charge is 0.344 e. The van der Waals surface area contributed by atoms with Crippen molar-refractivity contribution in [3.05, 3.63) is 29.3 Å². The van der Waals surface area contributed by atoms with Crippen LogP contribution in [0.25, 0.3) is 0 Å². The molecular weight excluding hydrogens is 270 g/mol. The zero-order valence-corrected chi connectivity index (χ0v) is 13.1. The molecule has 0 aromatic heterocycles. The topological polar surface area (TPSA) is 64.6 Å². The molecule has 5 heteroatoms. The number of carbonyl (C=O) groups excluding carboxylic acids is 2. The largest absolute Gasteiger partial charge is 0.482 e. The van der Waals surface area contributed by atoms with E-state index in [1.807, 2.05) is 39.8 Å². The molecule has 0 heterocycles. The van der Waals surface area contributed by atoms with Gasteiger partial charge in [0.1, 0.15) is 5.75 Å². The van der Waals surface area contributed by atoms with Crippen LogP contribution in [0.5, 0.6) is 5.75 Å². The molecule has 1 atom stereocenters. The second-order valence-corrected chi connectivity index (χ2v) is 5.07. The Bertz CT molecular complexity index is 499. The molecule has 0 aliphatic carbocycles. The van der Waals surface area contributed by atoms with Gasteiger partial charge in [-0.3, -0.25) is 4.79 Å². The van der Waals surface area contributed by atoms with Gasteiger partial charge >= 0.3 is 5.97 Å². The minimum absolute atomic E-state index is 0.0722. The highest BCUT2D eigenvalue weighted by atomic mass is 16.6. The summed E-state index contributed by atoms with van der Waals surface area (Å²) in [6.07, 6.45) is 0.829. The Kier molecular flexibility index (Phi) is 6.72. The Morgan fingerprint density at radius 1 is 1.19 bits per heavy atom. The van der Waals surface area contributed by atoms with E-state index in [0.29, 0.717) is 5.75 Å². The average Bonchev–Trinajstić information content (AvgIpc) is 2.46. The van der Waals surface area contributed by atoms with Crippen molar-refractivity contribution in [1.29, 1.82) is 0 Å². The maximum atomic E-state index is 11.5. The Hall–Kier alpha value is -2.04. The third-order valence-corrected chi connectivity index (χ3v) is 3.22. The zero-order chi connectivity index (χ0) is 15.8. The fourth-order valence-electron chi connectivity index (χ4n) is 1.55. The maximum Gasteiger partial charge on any atom is 0.344 e. The van der Waals surface area contributed by atoms with Crippen molar-refractivity contribution in [3.63, 3.8) is 0 Å². The van der Waals surface area contributed by atoms with E-state index >= 15 is 0 Å². The maximum absolute atomic E-state index is 11.5. The highest BCUT2D eigenvalue weighted by Crippen LogP contribution is 2.16. The SMILES string of the molecule is CC[C@@H](C)NC(=O)COC(=O)COc1ccc(C)c(C)c1.